The normalized spacial score (nSPS) is 12.9. The zero-order valence-corrected chi connectivity index (χ0v) is 16.3. The summed E-state index contributed by atoms with van der Waals surface area (Å²) >= 11 is 0. The maximum atomic E-state index is 12.9. The molecule has 2 aromatic heterocycles. The average Bonchev–Trinajstić information content (AvgIpc) is 3.14. The number of carbonyl (C=O) groups is 2. The molecule has 0 fully saturated rings. The quantitative estimate of drug-likeness (QED) is 0.702. The van der Waals surface area contributed by atoms with Crippen LogP contribution in [0.3, 0.4) is 0 Å². The third kappa shape index (κ3) is 4.03. The number of para-hydroxylation sites is 1. The molecule has 3 aromatic rings. The van der Waals surface area contributed by atoms with Gasteiger partial charge in [-0.3, -0.25) is 14.6 Å². The molecule has 1 aromatic carbocycles. The first-order chi connectivity index (χ1) is 14.1. The topological polar surface area (TPSA) is 88.9 Å². The highest BCUT2D eigenvalue weighted by atomic mass is 16.2. The van der Waals surface area contributed by atoms with E-state index < -0.39 is 0 Å². The number of pyridine rings is 1. The lowest BCUT2D eigenvalue weighted by Gasteiger charge is -2.17. The molecule has 1 aliphatic heterocycles. The number of rotatable bonds is 5. The Balaban J connectivity index is 1.57. The number of hydrogen-bond acceptors (Lipinski definition) is 4. The number of hydrogen-bond donors (Lipinski definition) is 2. The summed E-state index contributed by atoms with van der Waals surface area (Å²) < 4.78 is 1.88. The number of amides is 2. The first-order valence-corrected chi connectivity index (χ1v) is 9.77. The van der Waals surface area contributed by atoms with Gasteiger partial charge in [0, 0.05) is 31.2 Å². The minimum atomic E-state index is -0.285. The number of imidazole rings is 1. The van der Waals surface area contributed by atoms with Crippen LogP contribution in [0.15, 0.2) is 48.8 Å². The number of nitrogens with one attached hydrogen (secondary N) is 2. The van der Waals surface area contributed by atoms with Gasteiger partial charge in [0.05, 0.1) is 5.69 Å². The zero-order valence-electron chi connectivity index (χ0n) is 16.3. The van der Waals surface area contributed by atoms with Gasteiger partial charge < -0.3 is 15.2 Å². The zero-order chi connectivity index (χ0) is 20.2. The first-order valence-electron chi connectivity index (χ1n) is 9.77. The number of anilines is 1. The molecule has 2 amide bonds. The van der Waals surface area contributed by atoms with Gasteiger partial charge in [0.25, 0.3) is 11.8 Å². The van der Waals surface area contributed by atoms with E-state index in [-0.39, 0.29) is 11.8 Å². The maximum Gasteiger partial charge on any atom is 0.287 e. The molecule has 0 saturated carbocycles. The fourth-order valence-corrected chi connectivity index (χ4v) is 3.56. The lowest BCUT2D eigenvalue weighted by atomic mass is 10.1. The summed E-state index contributed by atoms with van der Waals surface area (Å²) in [5, 5.41) is 5.81. The van der Waals surface area contributed by atoms with E-state index in [0.29, 0.717) is 24.6 Å². The molecule has 2 N–H and O–H groups in total. The van der Waals surface area contributed by atoms with E-state index in [1.54, 1.807) is 12.4 Å². The molecule has 148 valence electrons. The van der Waals surface area contributed by atoms with Crippen molar-refractivity contribution in [3.8, 4) is 0 Å². The summed E-state index contributed by atoms with van der Waals surface area (Å²) in [5.41, 5.74) is 3.79. The Morgan fingerprint density at radius 3 is 2.76 bits per heavy atom. The minimum absolute atomic E-state index is 0.281. The SMILES string of the molecule is Cc1ccccc1NC(=O)c1nc(C(=O)NCc2cccnc2)n2c1CCCC2. The van der Waals surface area contributed by atoms with Gasteiger partial charge in [0.2, 0.25) is 0 Å². The number of nitrogens with zero attached hydrogens (tertiary/aromatic N) is 3. The summed E-state index contributed by atoms with van der Waals surface area (Å²) in [5.74, 6) is -0.276. The number of aryl methyl sites for hydroxylation is 1. The number of aromatic nitrogens is 3. The van der Waals surface area contributed by atoms with Crippen LogP contribution >= 0.6 is 0 Å². The van der Waals surface area contributed by atoms with Crippen molar-refractivity contribution in [1.29, 1.82) is 0 Å². The Kier molecular flexibility index (Phi) is 5.37. The second-order valence-corrected chi connectivity index (χ2v) is 7.15. The molecule has 29 heavy (non-hydrogen) atoms. The van der Waals surface area contributed by atoms with Crippen molar-refractivity contribution in [1.82, 2.24) is 19.9 Å². The van der Waals surface area contributed by atoms with Crippen molar-refractivity contribution >= 4 is 17.5 Å². The largest absolute Gasteiger partial charge is 0.345 e. The summed E-state index contributed by atoms with van der Waals surface area (Å²) in [7, 11) is 0. The highest BCUT2D eigenvalue weighted by Crippen LogP contribution is 2.23. The molecule has 1 aliphatic rings. The minimum Gasteiger partial charge on any atom is -0.345 e. The van der Waals surface area contributed by atoms with E-state index in [4.69, 9.17) is 0 Å². The summed E-state index contributed by atoms with van der Waals surface area (Å²) in [4.78, 5) is 34.2. The second kappa shape index (κ2) is 8.26. The van der Waals surface area contributed by atoms with Crippen LogP contribution in [0.5, 0.6) is 0 Å². The number of carbonyl (C=O) groups excluding carboxylic acids is 2. The van der Waals surface area contributed by atoms with Crippen LogP contribution in [-0.4, -0.2) is 26.3 Å². The molecule has 0 bridgehead atoms. The standard InChI is InChI=1S/C22H23N5O2/c1-15-7-2-3-9-17(15)25-21(28)19-18-10-4-5-12-27(18)20(26-19)22(29)24-14-16-8-6-11-23-13-16/h2-3,6-9,11,13H,4-5,10,12,14H2,1H3,(H,24,29)(H,25,28). The Hall–Kier alpha value is -3.48. The van der Waals surface area contributed by atoms with Crippen LogP contribution in [0.1, 0.15) is 50.8 Å². The molecule has 0 aliphatic carbocycles. The number of benzene rings is 1. The summed E-state index contributed by atoms with van der Waals surface area (Å²) in [6.45, 7) is 2.99. The molecule has 0 unspecified atom stereocenters. The van der Waals surface area contributed by atoms with Gasteiger partial charge >= 0.3 is 0 Å². The lowest BCUT2D eigenvalue weighted by Crippen LogP contribution is -2.27. The second-order valence-electron chi connectivity index (χ2n) is 7.15. The molecule has 3 heterocycles. The van der Waals surface area contributed by atoms with E-state index in [2.05, 4.69) is 20.6 Å². The van der Waals surface area contributed by atoms with Crippen molar-refractivity contribution in [2.45, 2.75) is 39.3 Å². The smallest absolute Gasteiger partial charge is 0.287 e. The van der Waals surface area contributed by atoms with Gasteiger partial charge in [-0.15, -0.1) is 0 Å². The Bertz CT molecular complexity index is 1040. The first kappa shape index (κ1) is 18.9. The Morgan fingerprint density at radius 2 is 1.97 bits per heavy atom. The maximum absolute atomic E-state index is 12.9. The molecule has 0 radical (unpaired) electrons. The highest BCUT2D eigenvalue weighted by Gasteiger charge is 2.27. The van der Waals surface area contributed by atoms with Crippen LogP contribution in [0.25, 0.3) is 0 Å². The third-order valence-corrected chi connectivity index (χ3v) is 5.11. The summed E-state index contributed by atoms with van der Waals surface area (Å²) in [6.07, 6.45) is 6.08. The molecule has 0 spiro atoms. The van der Waals surface area contributed by atoms with Crippen LogP contribution in [0, 0.1) is 6.92 Å². The monoisotopic (exact) mass is 389 g/mol. The average molecular weight is 389 g/mol. The van der Waals surface area contributed by atoms with E-state index in [9.17, 15) is 9.59 Å². The van der Waals surface area contributed by atoms with Crippen molar-refractivity contribution in [3.05, 3.63) is 77.1 Å². The molecular formula is C22H23N5O2. The van der Waals surface area contributed by atoms with Crippen LogP contribution in [0.2, 0.25) is 0 Å². The van der Waals surface area contributed by atoms with Crippen LogP contribution in [0.4, 0.5) is 5.69 Å². The third-order valence-electron chi connectivity index (χ3n) is 5.11. The predicted octanol–water partition coefficient (Wildman–Crippen LogP) is 3.11. The van der Waals surface area contributed by atoms with E-state index in [1.165, 1.54) is 0 Å². The molecular weight excluding hydrogens is 366 g/mol. The van der Waals surface area contributed by atoms with Gasteiger partial charge in [0.15, 0.2) is 11.5 Å². The number of fused-ring (bicyclic) bond motifs is 1. The van der Waals surface area contributed by atoms with Crippen LogP contribution < -0.4 is 10.6 Å². The van der Waals surface area contributed by atoms with Crippen molar-refractivity contribution in [2.24, 2.45) is 0 Å². The highest BCUT2D eigenvalue weighted by molar-refractivity contribution is 6.05. The van der Waals surface area contributed by atoms with Crippen molar-refractivity contribution in [3.63, 3.8) is 0 Å². The van der Waals surface area contributed by atoms with Crippen molar-refractivity contribution in [2.75, 3.05) is 5.32 Å². The van der Waals surface area contributed by atoms with Gasteiger partial charge in [0.1, 0.15) is 0 Å². The van der Waals surface area contributed by atoms with E-state index in [1.807, 2.05) is 47.9 Å². The summed E-state index contributed by atoms with van der Waals surface area (Å²) in [6, 6.07) is 11.3. The Labute approximate surface area is 169 Å². The van der Waals surface area contributed by atoms with Crippen LogP contribution in [-0.2, 0) is 19.5 Å². The van der Waals surface area contributed by atoms with E-state index in [0.717, 1.165) is 41.8 Å². The molecule has 0 atom stereocenters. The fourth-order valence-electron chi connectivity index (χ4n) is 3.56. The van der Waals surface area contributed by atoms with Gasteiger partial charge in [-0.05, 0) is 49.4 Å². The Morgan fingerprint density at radius 1 is 1.10 bits per heavy atom. The van der Waals surface area contributed by atoms with Crippen molar-refractivity contribution < 1.29 is 9.59 Å². The molecule has 7 heteroatoms. The lowest BCUT2D eigenvalue weighted by molar-refractivity contribution is 0.0935. The predicted molar refractivity (Wildman–Crippen MR) is 110 cm³/mol. The molecule has 0 saturated heterocycles. The van der Waals surface area contributed by atoms with E-state index >= 15 is 0 Å². The van der Waals surface area contributed by atoms with Gasteiger partial charge in [-0.25, -0.2) is 4.98 Å². The van der Waals surface area contributed by atoms with Gasteiger partial charge in [-0.1, -0.05) is 24.3 Å². The molecule has 4 rings (SSSR count). The molecule has 7 nitrogen and oxygen atoms in total. The van der Waals surface area contributed by atoms with Gasteiger partial charge in [-0.2, -0.15) is 0 Å². The fraction of sp³-hybridized carbons (Fsp3) is 0.273.